The average molecular weight is 295 g/mol. The number of carbonyl (C=O) groups excluding carboxylic acids is 1. The SMILES string of the molecule is Cc1ccccc1C(=O)NC[C@@]1(O)CCc2ccccc2C1. The third-order valence-electron chi connectivity index (χ3n) is 4.47. The Morgan fingerprint density at radius 1 is 1.14 bits per heavy atom. The molecule has 0 saturated carbocycles. The van der Waals surface area contributed by atoms with Crippen LogP contribution in [0.3, 0.4) is 0 Å². The predicted molar refractivity (Wildman–Crippen MR) is 86.9 cm³/mol. The molecule has 1 aliphatic rings. The lowest BCUT2D eigenvalue weighted by Crippen LogP contribution is -2.46. The highest BCUT2D eigenvalue weighted by atomic mass is 16.3. The quantitative estimate of drug-likeness (QED) is 0.914. The second-order valence-electron chi connectivity index (χ2n) is 6.17. The summed E-state index contributed by atoms with van der Waals surface area (Å²) in [7, 11) is 0. The van der Waals surface area contributed by atoms with Gasteiger partial charge in [-0.2, -0.15) is 0 Å². The highest BCUT2D eigenvalue weighted by molar-refractivity contribution is 5.95. The van der Waals surface area contributed by atoms with Crippen LogP contribution in [0, 0.1) is 6.92 Å². The van der Waals surface area contributed by atoms with E-state index in [1.807, 2.05) is 43.3 Å². The van der Waals surface area contributed by atoms with Crippen LogP contribution in [0.4, 0.5) is 0 Å². The van der Waals surface area contributed by atoms with Gasteiger partial charge in [-0.3, -0.25) is 4.79 Å². The van der Waals surface area contributed by atoms with Crippen molar-refractivity contribution in [1.29, 1.82) is 0 Å². The molecule has 0 spiro atoms. The van der Waals surface area contributed by atoms with Crippen molar-refractivity contribution in [2.45, 2.75) is 31.8 Å². The maximum absolute atomic E-state index is 12.3. The largest absolute Gasteiger partial charge is 0.388 e. The standard InChI is InChI=1S/C19H21NO2/c1-14-6-2-5-9-17(14)18(21)20-13-19(22)11-10-15-7-3-4-8-16(15)12-19/h2-9,22H,10-13H2,1H3,(H,20,21)/t19-/m1/s1. The Hall–Kier alpha value is -2.13. The molecule has 0 aliphatic heterocycles. The summed E-state index contributed by atoms with van der Waals surface area (Å²) >= 11 is 0. The molecule has 1 amide bonds. The van der Waals surface area contributed by atoms with E-state index in [4.69, 9.17) is 0 Å². The first-order valence-corrected chi connectivity index (χ1v) is 7.70. The first-order valence-electron chi connectivity index (χ1n) is 7.70. The monoisotopic (exact) mass is 295 g/mol. The lowest BCUT2D eigenvalue weighted by Gasteiger charge is -2.33. The Balaban J connectivity index is 1.67. The molecule has 22 heavy (non-hydrogen) atoms. The molecule has 0 saturated heterocycles. The van der Waals surface area contributed by atoms with Crippen LogP contribution in [0.1, 0.15) is 33.5 Å². The molecule has 3 nitrogen and oxygen atoms in total. The molecule has 1 atom stereocenters. The summed E-state index contributed by atoms with van der Waals surface area (Å²) in [6, 6.07) is 15.7. The van der Waals surface area contributed by atoms with Crippen LogP contribution in [-0.4, -0.2) is 23.2 Å². The minimum absolute atomic E-state index is 0.120. The van der Waals surface area contributed by atoms with Crippen LogP contribution in [0.2, 0.25) is 0 Å². The van der Waals surface area contributed by atoms with E-state index in [-0.39, 0.29) is 12.5 Å². The van der Waals surface area contributed by atoms with Gasteiger partial charge in [0.05, 0.1) is 5.60 Å². The van der Waals surface area contributed by atoms with Gasteiger partial charge in [0.2, 0.25) is 0 Å². The molecule has 0 bridgehead atoms. The highest BCUT2D eigenvalue weighted by Crippen LogP contribution is 2.28. The Bertz CT molecular complexity index is 695. The molecule has 3 heteroatoms. The Kier molecular flexibility index (Phi) is 3.99. The van der Waals surface area contributed by atoms with E-state index in [2.05, 4.69) is 17.4 Å². The van der Waals surface area contributed by atoms with Gasteiger partial charge >= 0.3 is 0 Å². The van der Waals surface area contributed by atoms with Gasteiger partial charge in [0.25, 0.3) is 5.91 Å². The number of aryl methyl sites for hydroxylation is 2. The van der Waals surface area contributed by atoms with E-state index in [9.17, 15) is 9.90 Å². The summed E-state index contributed by atoms with van der Waals surface area (Å²) in [6.45, 7) is 2.20. The Labute approximate surface area is 131 Å². The zero-order chi connectivity index (χ0) is 15.6. The smallest absolute Gasteiger partial charge is 0.251 e. The summed E-state index contributed by atoms with van der Waals surface area (Å²) in [5.74, 6) is -0.120. The fourth-order valence-electron chi connectivity index (χ4n) is 3.10. The van der Waals surface area contributed by atoms with E-state index in [1.54, 1.807) is 0 Å². The minimum Gasteiger partial charge on any atom is -0.388 e. The summed E-state index contributed by atoms with van der Waals surface area (Å²) in [5.41, 5.74) is 3.24. The second kappa shape index (κ2) is 5.93. The topological polar surface area (TPSA) is 49.3 Å². The molecule has 0 aromatic heterocycles. The maximum atomic E-state index is 12.3. The molecule has 114 valence electrons. The zero-order valence-corrected chi connectivity index (χ0v) is 12.8. The summed E-state index contributed by atoms with van der Waals surface area (Å²) < 4.78 is 0. The molecule has 0 radical (unpaired) electrons. The van der Waals surface area contributed by atoms with Gasteiger partial charge in [-0.25, -0.2) is 0 Å². The predicted octanol–water partition coefficient (Wildman–Crippen LogP) is 2.64. The normalized spacial score (nSPS) is 20.3. The average Bonchev–Trinajstić information content (AvgIpc) is 2.53. The van der Waals surface area contributed by atoms with Crippen molar-refractivity contribution >= 4 is 5.91 Å². The van der Waals surface area contributed by atoms with Crippen LogP contribution in [-0.2, 0) is 12.8 Å². The fourth-order valence-corrected chi connectivity index (χ4v) is 3.10. The van der Waals surface area contributed by atoms with Crippen molar-refractivity contribution in [3.05, 3.63) is 70.8 Å². The molecule has 1 aliphatic carbocycles. The number of nitrogens with one attached hydrogen (secondary N) is 1. The van der Waals surface area contributed by atoms with E-state index in [0.29, 0.717) is 18.4 Å². The number of fused-ring (bicyclic) bond motifs is 1. The van der Waals surface area contributed by atoms with Gasteiger partial charge in [0.15, 0.2) is 0 Å². The number of hydrogen-bond donors (Lipinski definition) is 2. The van der Waals surface area contributed by atoms with Gasteiger partial charge in [0.1, 0.15) is 0 Å². The van der Waals surface area contributed by atoms with Gasteiger partial charge < -0.3 is 10.4 Å². The first-order chi connectivity index (χ1) is 10.6. The van der Waals surface area contributed by atoms with E-state index < -0.39 is 5.60 Å². The van der Waals surface area contributed by atoms with E-state index >= 15 is 0 Å². The molecule has 0 fully saturated rings. The van der Waals surface area contributed by atoms with Crippen molar-refractivity contribution in [3.63, 3.8) is 0 Å². The van der Waals surface area contributed by atoms with Gasteiger partial charge in [-0.05, 0) is 42.5 Å². The van der Waals surface area contributed by atoms with Crippen molar-refractivity contribution < 1.29 is 9.90 Å². The lowest BCUT2D eigenvalue weighted by molar-refractivity contribution is 0.0260. The molecule has 2 aromatic rings. The van der Waals surface area contributed by atoms with Gasteiger partial charge in [-0.15, -0.1) is 0 Å². The molecule has 2 N–H and O–H groups in total. The number of rotatable bonds is 3. The number of aliphatic hydroxyl groups is 1. The number of hydrogen-bond acceptors (Lipinski definition) is 2. The van der Waals surface area contributed by atoms with Crippen LogP contribution < -0.4 is 5.32 Å². The Morgan fingerprint density at radius 2 is 1.82 bits per heavy atom. The summed E-state index contributed by atoms with van der Waals surface area (Å²) in [6.07, 6.45) is 2.13. The van der Waals surface area contributed by atoms with Crippen LogP contribution in [0.5, 0.6) is 0 Å². The third kappa shape index (κ3) is 3.04. The Morgan fingerprint density at radius 3 is 2.59 bits per heavy atom. The second-order valence-corrected chi connectivity index (χ2v) is 6.17. The fraction of sp³-hybridized carbons (Fsp3) is 0.316. The van der Waals surface area contributed by atoms with E-state index in [1.165, 1.54) is 11.1 Å². The van der Waals surface area contributed by atoms with Crippen LogP contribution in [0.15, 0.2) is 48.5 Å². The summed E-state index contributed by atoms with van der Waals surface area (Å²) in [4.78, 5) is 12.3. The molecule has 2 aromatic carbocycles. The third-order valence-corrected chi connectivity index (χ3v) is 4.47. The van der Waals surface area contributed by atoms with Crippen LogP contribution in [0.25, 0.3) is 0 Å². The van der Waals surface area contributed by atoms with Crippen LogP contribution >= 0.6 is 0 Å². The van der Waals surface area contributed by atoms with Gasteiger partial charge in [0, 0.05) is 18.5 Å². The molecule has 0 unspecified atom stereocenters. The van der Waals surface area contributed by atoms with Crippen molar-refractivity contribution in [2.24, 2.45) is 0 Å². The molecular weight excluding hydrogens is 274 g/mol. The maximum Gasteiger partial charge on any atom is 0.251 e. The number of carbonyl (C=O) groups is 1. The highest BCUT2D eigenvalue weighted by Gasteiger charge is 2.32. The van der Waals surface area contributed by atoms with Gasteiger partial charge in [-0.1, -0.05) is 42.5 Å². The molecular formula is C19H21NO2. The van der Waals surface area contributed by atoms with Crippen molar-refractivity contribution in [1.82, 2.24) is 5.32 Å². The zero-order valence-electron chi connectivity index (χ0n) is 12.8. The lowest BCUT2D eigenvalue weighted by atomic mass is 9.80. The summed E-state index contributed by atoms with van der Waals surface area (Å²) in [5, 5.41) is 13.7. The molecule has 0 heterocycles. The number of benzene rings is 2. The number of amides is 1. The van der Waals surface area contributed by atoms with Crippen molar-refractivity contribution in [2.75, 3.05) is 6.54 Å². The van der Waals surface area contributed by atoms with E-state index in [0.717, 1.165) is 12.0 Å². The van der Waals surface area contributed by atoms with Crippen molar-refractivity contribution in [3.8, 4) is 0 Å². The first kappa shape index (κ1) is 14.8. The molecule has 3 rings (SSSR count). The minimum atomic E-state index is -0.854.